The van der Waals surface area contributed by atoms with E-state index in [9.17, 15) is 0 Å². The van der Waals surface area contributed by atoms with Crippen LogP contribution in [0.4, 0.5) is 0 Å². The first-order valence-electron chi connectivity index (χ1n) is 5.26. The van der Waals surface area contributed by atoms with Gasteiger partial charge in [0.15, 0.2) is 11.5 Å². The van der Waals surface area contributed by atoms with Crippen molar-refractivity contribution in [1.29, 1.82) is 0 Å². The summed E-state index contributed by atoms with van der Waals surface area (Å²) in [5.41, 5.74) is 0.792. The largest absolute Gasteiger partial charge is 0.493 e. The Bertz CT molecular complexity index is 352. The van der Waals surface area contributed by atoms with Gasteiger partial charge < -0.3 is 14.6 Å². The summed E-state index contributed by atoms with van der Waals surface area (Å²) < 4.78 is 11.8. The van der Waals surface area contributed by atoms with Gasteiger partial charge in [-0.25, -0.2) is 0 Å². The van der Waals surface area contributed by atoms with Crippen molar-refractivity contribution < 1.29 is 14.6 Å². The molecule has 0 spiro atoms. The van der Waals surface area contributed by atoms with E-state index in [1.807, 2.05) is 13.0 Å². The molecule has 4 heteroatoms. The highest BCUT2D eigenvalue weighted by Crippen LogP contribution is 2.37. The Labute approximate surface area is 105 Å². The summed E-state index contributed by atoms with van der Waals surface area (Å²) in [6, 6.07) is 3.61. The van der Waals surface area contributed by atoms with E-state index in [1.165, 1.54) is 0 Å². The van der Waals surface area contributed by atoms with Gasteiger partial charge in [0.25, 0.3) is 0 Å². The van der Waals surface area contributed by atoms with E-state index in [0.717, 1.165) is 16.5 Å². The van der Waals surface area contributed by atoms with Gasteiger partial charge in [0.05, 0.1) is 24.3 Å². The first-order valence-corrected chi connectivity index (χ1v) is 6.05. The average Bonchev–Trinajstić information content (AvgIpc) is 2.30. The van der Waals surface area contributed by atoms with E-state index in [4.69, 9.17) is 14.6 Å². The summed E-state index contributed by atoms with van der Waals surface area (Å²) in [7, 11) is 1.59. The van der Waals surface area contributed by atoms with E-state index in [0.29, 0.717) is 11.5 Å². The van der Waals surface area contributed by atoms with Crippen molar-refractivity contribution in [2.24, 2.45) is 0 Å². The lowest BCUT2D eigenvalue weighted by atomic mass is 10.2. The second-order valence-corrected chi connectivity index (χ2v) is 4.46. The van der Waals surface area contributed by atoms with Crippen molar-refractivity contribution in [2.45, 2.75) is 33.0 Å². The Morgan fingerprint density at radius 3 is 2.62 bits per heavy atom. The Hall–Kier alpha value is -0.740. The van der Waals surface area contributed by atoms with Crippen LogP contribution in [0.15, 0.2) is 16.6 Å². The number of aliphatic hydroxyl groups is 1. The molecule has 16 heavy (non-hydrogen) atoms. The summed E-state index contributed by atoms with van der Waals surface area (Å²) >= 11 is 3.42. The van der Waals surface area contributed by atoms with Crippen LogP contribution in [0.5, 0.6) is 11.5 Å². The highest BCUT2D eigenvalue weighted by molar-refractivity contribution is 9.10. The lowest BCUT2D eigenvalue weighted by molar-refractivity contribution is 0.205. The van der Waals surface area contributed by atoms with E-state index in [1.54, 1.807) is 13.2 Å². The molecule has 1 atom stereocenters. The molecule has 0 fully saturated rings. The molecular formula is C12H17BrO3. The molecule has 0 radical (unpaired) electrons. The minimum absolute atomic E-state index is 0.0153. The number of ether oxygens (including phenoxy) is 2. The predicted octanol–water partition coefficient (Wildman–Crippen LogP) is 3.13. The maximum atomic E-state index is 9.08. The number of benzene rings is 1. The summed E-state index contributed by atoms with van der Waals surface area (Å²) in [6.07, 6.45) is 1.06. The van der Waals surface area contributed by atoms with Crippen molar-refractivity contribution in [3.8, 4) is 11.5 Å². The third-order valence-electron chi connectivity index (χ3n) is 2.37. The van der Waals surface area contributed by atoms with Crippen molar-refractivity contribution in [3.63, 3.8) is 0 Å². The number of aliphatic hydroxyl groups excluding tert-OH is 1. The van der Waals surface area contributed by atoms with Crippen LogP contribution in [0.1, 0.15) is 25.8 Å². The number of rotatable bonds is 5. The topological polar surface area (TPSA) is 38.7 Å². The first kappa shape index (κ1) is 13.3. The highest BCUT2D eigenvalue weighted by Gasteiger charge is 2.13. The second kappa shape index (κ2) is 6.11. The summed E-state index contributed by atoms with van der Waals surface area (Å²) in [5.74, 6) is 1.33. The van der Waals surface area contributed by atoms with Crippen LogP contribution >= 0.6 is 15.9 Å². The molecule has 0 heterocycles. The standard InChI is InChI=1S/C12H17BrO3/c1-4-8(2)16-12-10(13)5-9(7-14)6-11(12)15-3/h5-6,8,14H,4,7H2,1-3H3/t8-/m0/s1. The lowest BCUT2D eigenvalue weighted by Gasteiger charge is -2.17. The number of hydrogen-bond acceptors (Lipinski definition) is 3. The smallest absolute Gasteiger partial charge is 0.175 e. The fraction of sp³-hybridized carbons (Fsp3) is 0.500. The fourth-order valence-electron chi connectivity index (χ4n) is 1.26. The quantitative estimate of drug-likeness (QED) is 0.905. The van der Waals surface area contributed by atoms with Gasteiger partial charge >= 0.3 is 0 Å². The van der Waals surface area contributed by atoms with Crippen LogP contribution < -0.4 is 9.47 Å². The van der Waals surface area contributed by atoms with E-state index < -0.39 is 0 Å². The molecule has 0 saturated heterocycles. The zero-order valence-electron chi connectivity index (χ0n) is 9.79. The molecule has 0 amide bonds. The molecule has 0 unspecified atom stereocenters. The molecule has 1 N–H and O–H groups in total. The molecular weight excluding hydrogens is 272 g/mol. The predicted molar refractivity (Wildman–Crippen MR) is 67.0 cm³/mol. The zero-order chi connectivity index (χ0) is 12.1. The highest BCUT2D eigenvalue weighted by atomic mass is 79.9. The molecule has 1 aromatic rings. The van der Waals surface area contributed by atoms with Crippen LogP contribution in [-0.2, 0) is 6.61 Å². The van der Waals surface area contributed by atoms with Gasteiger partial charge in [0.1, 0.15) is 0 Å². The molecule has 1 rings (SSSR count). The number of halogens is 1. The van der Waals surface area contributed by atoms with Gasteiger partial charge in [0.2, 0.25) is 0 Å². The molecule has 3 nitrogen and oxygen atoms in total. The van der Waals surface area contributed by atoms with Crippen molar-refractivity contribution >= 4 is 15.9 Å². The van der Waals surface area contributed by atoms with Crippen LogP contribution in [0.25, 0.3) is 0 Å². The molecule has 0 bridgehead atoms. The number of methoxy groups -OCH3 is 1. The maximum Gasteiger partial charge on any atom is 0.175 e. The molecule has 0 aromatic heterocycles. The maximum absolute atomic E-state index is 9.08. The molecule has 0 aliphatic carbocycles. The molecule has 1 aromatic carbocycles. The molecule has 0 saturated carbocycles. The van der Waals surface area contributed by atoms with Crippen molar-refractivity contribution in [1.82, 2.24) is 0 Å². The Kier molecular flexibility index (Phi) is 5.09. The van der Waals surface area contributed by atoms with Gasteiger partial charge in [-0.15, -0.1) is 0 Å². The first-order chi connectivity index (χ1) is 7.62. The van der Waals surface area contributed by atoms with Crippen LogP contribution in [-0.4, -0.2) is 18.3 Å². The monoisotopic (exact) mass is 288 g/mol. The van der Waals surface area contributed by atoms with Gasteiger partial charge in [-0.3, -0.25) is 0 Å². The van der Waals surface area contributed by atoms with Gasteiger partial charge in [-0.2, -0.15) is 0 Å². The Morgan fingerprint density at radius 2 is 2.12 bits per heavy atom. The summed E-state index contributed by atoms with van der Waals surface area (Å²) in [5, 5.41) is 9.08. The minimum atomic E-state index is -0.0153. The van der Waals surface area contributed by atoms with Crippen LogP contribution in [0.2, 0.25) is 0 Å². The SMILES string of the molecule is CC[C@H](C)Oc1c(Br)cc(CO)cc1OC. The third kappa shape index (κ3) is 3.12. The van der Waals surface area contributed by atoms with Crippen molar-refractivity contribution in [2.75, 3.05) is 7.11 Å². The summed E-state index contributed by atoms with van der Waals surface area (Å²) in [4.78, 5) is 0. The van der Waals surface area contributed by atoms with E-state index in [2.05, 4.69) is 22.9 Å². The van der Waals surface area contributed by atoms with E-state index in [-0.39, 0.29) is 12.7 Å². The third-order valence-corrected chi connectivity index (χ3v) is 2.95. The van der Waals surface area contributed by atoms with Gasteiger partial charge in [0, 0.05) is 0 Å². The Balaban J connectivity index is 3.06. The molecule has 0 aliphatic heterocycles. The van der Waals surface area contributed by atoms with Crippen LogP contribution in [0.3, 0.4) is 0 Å². The normalized spacial score (nSPS) is 12.3. The van der Waals surface area contributed by atoms with Crippen LogP contribution in [0, 0.1) is 0 Å². The summed E-state index contributed by atoms with van der Waals surface area (Å²) in [6.45, 7) is 4.05. The minimum Gasteiger partial charge on any atom is -0.493 e. The van der Waals surface area contributed by atoms with E-state index >= 15 is 0 Å². The zero-order valence-corrected chi connectivity index (χ0v) is 11.4. The number of hydrogen-bond donors (Lipinski definition) is 1. The molecule has 0 aliphatic rings. The van der Waals surface area contributed by atoms with Gasteiger partial charge in [-0.1, -0.05) is 6.92 Å². The molecule has 90 valence electrons. The fourth-order valence-corrected chi connectivity index (χ4v) is 1.85. The van der Waals surface area contributed by atoms with Gasteiger partial charge in [-0.05, 0) is 47.0 Å². The second-order valence-electron chi connectivity index (χ2n) is 3.60. The average molecular weight is 289 g/mol. The van der Waals surface area contributed by atoms with Crippen molar-refractivity contribution in [3.05, 3.63) is 22.2 Å². The Morgan fingerprint density at radius 1 is 1.44 bits per heavy atom. The lowest BCUT2D eigenvalue weighted by Crippen LogP contribution is -2.11.